The number of urea groups is 1. The Bertz CT molecular complexity index is 998. The summed E-state index contributed by atoms with van der Waals surface area (Å²) in [4.78, 5) is 38.1. The van der Waals surface area contributed by atoms with E-state index in [0.717, 1.165) is 17.0 Å². The number of anilines is 1. The molecule has 28 heavy (non-hydrogen) atoms. The van der Waals surface area contributed by atoms with Gasteiger partial charge in [-0.05, 0) is 49.4 Å². The maximum absolute atomic E-state index is 13.2. The molecular formula is C20H17FN2O5. The summed E-state index contributed by atoms with van der Waals surface area (Å²) in [5, 5.41) is 2.12. The van der Waals surface area contributed by atoms with Crippen molar-refractivity contribution < 1.29 is 28.2 Å². The van der Waals surface area contributed by atoms with Crippen LogP contribution in [0.1, 0.15) is 11.1 Å². The molecule has 0 aromatic heterocycles. The van der Waals surface area contributed by atoms with Crippen molar-refractivity contribution >= 4 is 29.6 Å². The van der Waals surface area contributed by atoms with Crippen LogP contribution in [0.2, 0.25) is 0 Å². The quantitative estimate of drug-likeness (QED) is 0.647. The molecule has 0 atom stereocenters. The van der Waals surface area contributed by atoms with Crippen LogP contribution in [0.25, 0.3) is 6.08 Å². The molecule has 2 aromatic rings. The number of nitrogens with one attached hydrogen (secondary N) is 1. The van der Waals surface area contributed by atoms with E-state index in [1.807, 2.05) is 0 Å². The summed E-state index contributed by atoms with van der Waals surface area (Å²) in [5.74, 6) is -1.15. The highest BCUT2D eigenvalue weighted by Crippen LogP contribution is 2.33. The van der Waals surface area contributed by atoms with Gasteiger partial charge in [0.25, 0.3) is 11.8 Å². The maximum atomic E-state index is 13.2. The third-order valence-electron chi connectivity index (χ3n) is 4.30. The van der Waals surface area contributed by atoms with Crippen LogP contribution >= 0.6 is 0 Å². The van der Waals surface area contributed by atoms with E-state index in [2.05, 4.69) is 5.32 Å². The maximum Gasteiger partial charge on any atom is 0.335 e. The van der Waals surface area contributed by atoms with Gasteiger partial charge in [0.05, 0.1) is 19.9 Å². The van der Waals surface area contributed by atoms with Gasteiger partial charge < -0.3 is 9.47 Å². The van der Waals surface area contributed by atoms with Gasteiger partial charge in [-0.15, -0.1) is 0 Å². The molecule has 0 aliphatic carbocycles. The summed E-state index contributed by atoms with van der Waals surface area (Å²) >= 11 is 0. The van der Waals surface area contributed by atoms with Gasteiger partial charge in [-0.1, -0.05) is 0 Å². The van der Waals surface area contributed by atoms with Crippen LogP contribution in [0, 0.1) is 12.7 Å². The second-order valence-electron chi connectivity index (χ2n) is 5.95. The van der Waals surface area contributed by atoms with Crippen LogP contribution in [0.5, 0.6) is 11.5 Å². The number of rotatable bonds is 4. The van der Waals surface area contributed by atoms with Gasteiger partial charge in [0, 0.05) is 11.1 Å². The average molecular weight is 384 g/mol. The van der Waals surface area contributed by atoms with Crippen LogP contribution in [-0.2, 0) is 9.59 Å². The number of methoxy groups -OCH3 is 2. The highest BCUT2D eigenvalue weighted by Gasteiger charge is 2.37. The minimum atomic E-state index is -0.906. The van der Waals surface area contributed by atoms with E-state index in [9.17, 15) is 18.8 Å². The Hall–Kier alpha value is -3.68. The summed E-state index contributed by atoms with van der Waals surface area (Å²) in [6, 6.07) is 7.19. The van der Waals surface area contributed by atoms with Crippen LogP contribution in [0.4, 0.5) is 14.9 Å². The molecule has 0 saturated carbocycles. The Kier molecular flexibility index (Phi) is 5.12. The van der Waals surface area contributed by atoms with Crippen molar-refractivity contribution in [3.8, 4) is 11.5 Å². The van der Waals surface area contributed by atoms with Gasteiger partial charge in [0.1, 0.15) is 22.9 Å². The lowest BCUT2D eigenvalue weighted by Gasteiger charge is -2.26. The summed E-state index contributed by atoms with van der Waals surface area (Å²) in [6.45, 7) is 1.77. The van der Waals surface area contributed by atoms with E-state index in [-0.39, 0.29) is 11.3 Å². The summed E-state index contributed by atoms with van der Waals surface area (Å²) in [6.07, 6.45) is 1.34. The molecule has 144 valence electrons. The lowest BCUT2D eigenvalue weighted by Crippen LogP contribution is -2.54. The fourth-order valence-electron chi connectivity index (χ4n) is 2.94. The third-order valence-corrected chi connectivity index (χ3v) is 4.30. The Morgan fingerprint density at radius 2 is 1.68 bits per heavy atom. The molecule has 1 saturated heterocycles. The number of benzene rings is 2. The van der Waals surface area contributed by atoms with Crippen molar-refractivity contribution in [2.24, 2.45) is 0 Å². The summed E-state index contributed by atoms with van der Waals surface area (Å²) in [7, 11) is 2.98. The number of carbonyl (C=O) groups excluding carboxylic acids is 3. The molecule has 1 fully saturated rings. The van der Waals surface area contributed by atoms with E-state index >= 15 is 0 Å². The second-order valence-corrected chi connectivity index (χ2v) is 5.95. The van der Waals surface area contributed by atoms with Crippen molar-refractivity contribution in [3.63, 3.8) is 0 Å². The minimum absolute atomic E-state index is 0.139. The molecule has 8 heteroatoms. The zero-order valence-electron chi connectivity index (χ0n) is 15.4. The van der Waals surface area contributed by atoms with E-state index < -0.39 is 23.7 Å². The first-order valence-electron chi connectivity index (χ1n) is 8.26. The number of amides is 4. The first kappa shape index (κ1) is 19.1. The smallest absolute Gasteiger partial charge is 0.335 e. The zero-order valence-corrected chi connectivity index (χ0v) is 15.4. The van der Waals surface area contributed by atoms with Crippen LogP contribution in [0.3, 0.4) is 0 Å². The Morgan fingerprint density at radius 1 is 1.00 bits per heavy atom. The van der Waals surface area contributed by atoms with Crippen molar-refractivity contribution in [1.82, 2.24) is 5.32 Å². The monoisotopic (exact) mass is 384 g/mol. The largest absolute Gasteiger partial charge is 0.496 e. The topological polar surface area (TPSA) is 84.9 Å². The van der Waals surface area contributed by atoms with E-state index in [0.29, 0.717) is 22.6 Å². The molecule has 0 bridgehead atoms. The number of halogens is 1. The van der Waals surface area contributed by atoms with E-state index in [1.165, 1.54) is 32.4 Å². The molecule has 4 amide bonds. The molecule has 1 N–H and O–H groups in total. The molecule has 1 aliphatic heterocycles. The number of nitrogens with zero attached hydrogens (tertiary/aromatic N) is 1. The van der Waals surface area contributed by atoms with Gasteiger partial charge in [0.2, 0.25) is 0 Å². The SMILES string of the molecule is COc1ccc(/C=C2\C(=O)NC(=O)N(c3ccc(F)cc3)C2=O)c(OC)c1C. The van der Waals surface area contributed by atoms with Gasteiger partial charge in [-0.2, -0.15) is 0 Å². The lowest BCUT2D eigenvalue weighted by atomic mass is 10.0. The third kappa shape index (κ3) is 3.32. The van der Waals surface area contributed by atoms with Crippen molar-refractivity contribution in [3.05, 3.63) is 58.9 Å². The summed E-state index contributed by atoms with van der Waals surface area (Å²) < 4.78 is 23.8. The van der Waals surface area contributed by atoms with Gasteiger partial charge >= 0.3 is 6.03 Å². The molecule has 2 aromatic carbocycles. The predicted octanol–water partition coefficient (Wildman–Crippen LogP) is 2.82. The van der Waals surface area contributed by atoms with E-state index in [1.54, 1.807) is 19.1 Å². The van der Waals surface area contributed by atoms with Gasteiger partial charge in [-0.25, -0.2) is 14.1 Å². The minimum Gasteiger partial charge on any atom is -0.496 e. The fraction of sp³-hybridized carbons (Fsp3) is 0.150. The number of carbonyl (C=O) groups is 3. The van der Waals surface area contributed by atoms with Crippen LogP contribution in [-0.4, -0.2) is 32.1 Å². The lowest BCUT2D eigenvalue weighted by molar-refractivity contribution is -0.122. The van der Waals surface area contributed by atoms with E-state index in [4.69, 9.17) is 9.47 Å². The molecule has 3 rings (SSSR count). The first-order chi connectivity index (χ1) is 13.4. The zero-order chi connectivity index (χ0) is 20.4. The Labute approximate surface area is 160 Å². The molecule has 0 radical (unpaired) electrons. The average Bonchev–Trinajstić information content (AvgIpc) is 2.66. The normalized spacial score (nSPS) is 15.6. The highest BCUT2D eigenvalue weighted by molar-refractivity contribution is 6.39. The molecule has 1 aliphatic rings. The van der Waals surface area contributed by atoms with Crippen molar-refractivity contribution in [1.29, 1.82) is 0 Å². The van der Waals surface area contributed by atoms with Crippen LogP contribution in [0.15, 0.2) is 42.0 Å². The predicted molar refractivity (Wildman–Crippen MR) is 99.7 cm³/mol. The van der Waals surface area contributed by atoms with Crippen molar-refractivity contribution in [2.45, 2.75) is 6.92 Å². The van der Waals surface area contributed by atoms with Crippen molar-refractivity contribution in [2.75, 3.05) is 19.1 Å². The highest BCUT2D eigenvalue weighted by atomic mass is 19.1. The van der Waals surface area contributed by atoms with Gasteiger partial charge in [0.15, 0.2) is 0 Å². The molecule has 7 nitrogen and oxygen atoms in total. The fourth-order valence-corrected chi connectivity index (χ4v) is 2.94. The first-order valence-corrected chi connectivity index (χ1v) is 8.26. The Morgan fingerprint density at radius 3 is 2.29 bits per heavy atom. The van der Waals surface area contributed by atoms with Gasteiger partial charge in [-0.3, -0.25) is 14.9 Å². The second kappa shape index (κ2) is 7.51. The number of ether oxygens (including phenoxy) is 2. The van der Waals surface area contributed by atoms with Crippen LogP contribution < -0.4 is 19.7 Å². The number of hydrogen-bond donors (Lipinski definition) is 1. The Balaban J connectivity index is 2.07. The number of imide groups is 2. The summed E-state index contributed by atoms with van der Waals surface area (Å²) in [5.41, 5.74) is 1.04. The number of hydrogen-bond acceptors (Lipinski definition) is 5. The standard InChI is InChI=1S/C20H17FN2O5/c1-11-16(27-2)9-4-12(17(11)28-3)10-15-18(24)22-20(26)23(19(15)25)14-7-5-13(21)6-8-14/h4-10H,1-3H3,(H,22,24,26)/b15-10+. The molecule has 0 spiro atoms. The molecule has 0 unspecified atom stereocenters. The molecule has 1 heterocycles. The number of barbiturate groups is 1. The molecular weight excluding hydrogens is 367 g/mol.